The van der Waals surface area contributed by atoms with Gasteiger partial charge >= 0.3 is 0 Å². The Hall–Kier alpha value is -1.23. The summed E-state index contributed by atoms with van der Waals surface area (Å²) in [4.78, 5) is 26.4. The van der Waals surface area contributed by atoms with Crippen LogP contribution in [0.3, 0.4) is 0 Å². The molecule has 2 atom stereocenters. The average Bonchev–Trinajstić information content (AvgIpc) is 3.09. The van der Waals surface area contributed by atoms with E-state index in [4.69, 9.17) is 0 Å². The van der Waals surface area contributed by atoms with Gasteiger partial charge in [0.25, 0.3) is 5.91 Å². The topological polar surface area (TPSA) is 37.4 Å². The first-order chi connectivity index (χ1) is 10.1. The molecule has 2 aliphatic rings. The van der Waals surface area contributed by atoms with Crippen molar-refractivity contribution in [2.24, 2.45) is 5.92 Å². The number of hydrogen-bond donors (Lipinski definition) is 0. The zero-order chi connectivity index (χ0) is 15.0. The summed E-state index contributed by atoms with van der Waals surface area (Å²) in [6.45, 7) is 0.683. The molecule has 2 fully saturated rings. The van der Waals surface area contributed by atoms with Crippen molar-refractivity contribution in [2.75, 3.05) is 6.54 Å². The molecular formula is C16H17BrFNO2. The number of nitrogens with zero attached hydrogens (tertiary/aromatic N) is 1. The number of ketones is 1. The second-order valence-corrected chi connectivity index (χ2v) is 6.66. The van der Waals surface area contributed by atoms with E-state index in [1.165, 1.54) is 18.2 Å². The van der Waals surface area contributed by atoms with Crippen LogP contribution in [0.5, 0.6) is 0 Å². The van der Waals surface area contributed by atoms with Crippen LogP contribution in [0.25, 0.3) is 0 Å². The predicted octanol–water partition coefficient (Wildman–Crippen LogP) is 3.56. The molecule has 0 aromatic heterocycles. The van der Waals surface area contributed by atoms with E-state index in [-0.39, 0.29) is 23.7 Å². The summed E-state index contributed by atoms with van der Waals surface area (Å²) in [5, 5.41) is 0. The van der Waals surface area contributed by atoms with Crippen molar-refractivity contribution in [1.82, 2.24) is 4.90 Å². The van der Waals surface area contributed by atoms with Gasteiger partial charge in [0.2, 0.25) is 0 Å². The van der Waals surface area contributed by atoms with Gasteiger partial charge in [-0.25, -0.2) is 4.39 Å². The fraction of sp³-hybridized carbons (Fsp3) is 0.500. The van der Waals surface area contributed by atoms with Gasteiger partial charge in [0.15, 0.2) is 0 Å². The Morgan fingerprint density at radius 3 is 2.76 bits per heavy atom. The van der Waals surface area contributed by atoms with Gasteiger partial charge in [-0.3, -0.25) is 9.59 Å². The van der Waals surface area contributed by atoms with Gasteiger partial charge in [0.05, 0.1) is 4.47 Å². The summed E-state index contributed by atoms with van der Waals surface area (Å²) in [6, 6.07) is 4.34. The highest BCUT2D eigenvalue weighted by atomic mass is 79.9. The molecule has 3 nitrogen and oxygen atoms in total. The Bertz CT molecular complexity index is 590. The molecule has 2 unspecified atom stereocenters. The van der Waals surface area contributed by atoms with Crippen molar-refractivity contribution in [1.29, 1.82) is 0 Å². The normalized spacial score (nSPS) is 25.6. The van der Waals surface area contributed by atoms with Crippen LogP contribution < -0.4 is 0 Å². The first-order valence-electron chi connectivity index (χ1n) is 7.36. The van der Waals surface area contributed by atoms with E-state index < -0.39 is 0 Å². The van der Waals surface area contributed by atoms with Crippen LogP contribution in [0.2, 0.25) is 0 Å². The minimum Gasteiger partial charge on any atom is -0.335 e. The molecule has 5 heteroatoms. The minimum atomic E-state index is -0.379. The zero-order valence-electron chi connectivity index (χ0n) is 11.6. The maximum Gasteiger partial charge on any atom is 0.254 e. The maximum atomic E-state index is 13.3. The minimum absolute atomic E-state index is 0.000314. The molecule has 1 amide bonds. The average molecular weight is 354 g/mol. The maximum absolute atomic E-state index is 13.3. The van der Waals surface area contributed by atoms with E-state index in [1.54, 1.807) is 0 Å². The quantitative estimate of drug-likeness (QED) is 0.814. The summed E-state index contributed by atoms with van der Waals surface area (Å²) < 4.78 is 13.6. The van der Waals surface area contributed by atoms with E-state index in [1.807, 2.05) is 4.90 Å². The van der Waals surface area contributed by atoms with Gasteiger partial charge in [-0.15, -0.1) is 0 Å². The van der Waals surface area contributed by atoms with Crippen LogP contribution in [-0.4, -0.2) is 29.2 Å². The molecule has 1 heterocycles. The van der Waals surface area contributed by atoms with Gasteiger partial charge < -0.3 is 4.90 Å². The van der Waals surface area contributed by atoms with Gasteiger partial charge in [-0.1, -0.05) is 0 Å². The summed E-state index contributed by atoms with van der Waals surface area (Å²) >= 11 is 3.11. The molecule has 0 N–H and O–H groups in total. The van der Waals surface area contributed by atoms with E-state index in [0.717, 1.165) is 25.7 Å². The first kappa shape index (κ1) is 14.7. The van der Waals surface area contributed by atoms with Crippen molar-refractivity contribution in [3.05, 3.63) is 34.1 Å². The lowest BCUT2D eigenvalue weighted by Crippen LogP contribution is -2.41. The van der Waals surface area contributed by atoms with Crippen molar-refractivity contribution in [3.63, 3.8) is 0 Å². The monoisotopic (exact) mass is 353 g/mol. The number of hydrogen-bond acceptors (Lipinski definition) is 2. The molecule has 1 saturated carbocycles. The molecule has 0 bridgehead atoms. The Balaban J connectivity index is 1.82. The number of likely N-dealkylation sites (tertiary alicyclic amines) is 1. The molecule has 112 valence electrons. The molecule has 1 aromatic rings. The van der Waals surface area contributed by atoms with E-state index >= 15 is 0 Å². The third-order valence-corrected chi connectivity index (χ3v) is 5.15. The van der Waals surface area contributed by atoms with Crippen LogP contribution in [0.4, 0.5) is 4.39 Å². The Morgan fingerprint density at radius 2 is 2.10 bits per heavy atom. The van der Waals surface area contributed by atoms with E-state index in [2.05, 4.69) is 15.9 Å². The van der Waals surface area contributed by atoms with Crippen molar-refractivity contribution in [2.45, 2.75) is 38.1 Å². The molecule has 3 rings (SSSR count). The summed E-state index contributed by atoms with van der Waals surface area (Å²) in [5.74, 6) is -0.186. The second-order valence-electron chi connectivity index (χ2n) is 5.80. The van der Waals surface area contributed by atoms with Crippen LogP contribution >= 0.6 is 15.9 Å². The lowest BCUT2D eigenvalue weighted by molar-refractivity contribution is -0.121. The van der Waals surface area contributed by atoms with Crippen molar-refractivity contribution >= 4 is 27.6 Å². The molecule has 1 aliphatic heterocycles. The summed E-state index contributed by atoms with van der Waals surface area (Å²) in [5.41, 5.74) is 0.473. The van der Waals surface area contributed by atoms with Gasteiger partial charge in [0.1, 0.15) is 11.6 Å². The van der Waals surface area contributed by atoms with Gasteiger partial charge in [0, 0.05) is 30.5 Å². The lowest BCUT2D eigenvalue weighted by Gasteiger charge is -2.28. The summed E-state index contributed by atoms with van der Waals surface area (Å²) in [7, 11) is 0. The number of Topliss-reactive ketones (excluding diaryl/α,β-unsaturated/α-hetero) is 1. The highest BCUT2D eigenvalue weighted by Gasteiger charge is 2.40. The standard InChI is InChI=1S/C16H17BrFNO2/c17-12-9-10(6-7-13(12)18)16(21)19-8-2-4-14(19)11-3-1-5-15(11)20/h6-7,9,11,14H,1-5,8H2. The highest BCUT2D eigenvalue weighted by Crippen LogP contribution is 2.34. The van der Waals surface area contributed by atoms with Crippen LogP contribution in [-0.2, 0) is 4.79 Å². The number of amides is 1. The largest absolute Gasteiger partial charge is 0.335 e. The van der Waals surface area contributed by atoms with Crippen LogP contribution in [0.15, 0.2) is 22.7 Å². The number of benzene rings is 1. The SMILES string of the molecule is O=C1CCCC1C1CCCN1C(=O)c1ccc(F)c(Br)c1. The number of carbonyl (C=O) groups excluding carboxylic acids is 2. The van der Waals surface area contributed by atoms with E-state index in [9.17, 15) is 14.0 Å². The lowest BCUT2D eigenvalue weighted by atomic mass is 9.94. The number of halogens is 2. The molecule has 21 heavy (non-hydrogen) atoms. The third kappa shape index (κ3) is 2.76. The third-order valence-electron chi connectivity index (χ3n) is 4.54. The fourth-order valence-electron chi connectivity index (χ4n) is 3.51. The van der Waals surface area contributed by atoms with Gasteiger partial charge in [-0.2, -0.15) is 0 Å². The molecule has 1 aliphatic carbocycles. The predicted molar refractivity (Wildman–Crippen MR) is 80.5 cm³/mol. The van der Waals surface area contributed by atoms with Crippen LogP contribution in [0, 0.1) is 11.7 Å². The molecule has 1 aromatic carbocycles. The van der Waals surface area contributed by atoms with Crippen LogP contribution in [0.1, 0.15) is 42.5 Å². The molecule has 0 spiro atoms. The molecule has 0 radical (unpaired) electrons. The fourth-order valence-corrected chi connectivity index (χ4v) is 3.89. The van der Waals surface area contributed by atoms with E-state index in [0.29, 0.717) is 28.8 Å². The second kappa shape index (κ2) is 5.87. The van der Waals surface area contributed by atoms with Crippen molar-refractivity contribution in [3.8, 4) is 0 Å². The highest BCUT2D eigenvalue weighted by molar-refractivity contribution is 9.10. The number of rotatable bonds is 2. The Labute approximate surface area is 131 Å². The molecule has 1 saturated heterocycles. The van der Waals surface area contributed by atoms with Crippen molar-refractivity contribution < 1.29 is 14.0 Å². The van der Waals surface area contributed by atoms with Gasteiger partial charge in [-0.05, 0) is 59.8 Å². The Morgan fingerprint density at radius 1 is 1.29 bits per heavy atom. The Kier molecular flexibility index (Phi) is 4.11. The summed E-state index contributed by atoms with van der Waals surface area (Å²) in [6.07, 6.45) is 4.29. The smallest absolute Gasteiger partial charge is 0.254 e. The first-order valence-corrected chi connectivity index (χ1v) is 8.16. The molecular weight excluding hydrogens is 337 g/mol. The number of carbonyl (C=O) groups is 2. The zero-order valence-corrected chi connectivity index (χ0v) is 13.2.